The number of benzene rings is 2. The van der Waals surface area contributed by atoms with Gasteiger partial charge in [0.05, 0.1) is 0 Å². The molecule has 0 saturated carbocycles. The van der Waals surface area contributed by atoms with Crippen LogP contribution in [0.1, 0.15) is 48.2 Å². The van der Waals surface area contributed by atoms with E-state index in [2.05, 4.69) is 19.6 Å². The molecule has 1 unspecified atom stereocenters. The molecule has 0 aliphatic carbocycles. The maximum atomic E-state index is 12.5. The number of aryl methyl sites for hydroxylation is 2. The minimum Gasteiger partial charge on any atom is -0.333 e. The third kappa shape index (κ3) is 4.27. The molecule has 0 amide bonds. The Bertz CT molecular complexity index is 581. The number of carbonyl (C=O) groups is 1. The smallest absolute Gasteiger partial charge is 0.170 e. The molecule has 2 aromatic carbocycles. The first-order valence-corrected chi connectivity index (χ1v) is 7.40. The summed E-state index contributed by atoms with van der Waals surface area (Å²) in [7, 11) is 1.50. The van der Waals surface area contributed by atoms with E-state index in [1.54, 1.807) is 0 Å². The van der Waals surface area contributed by atoms with Gasteiger partial charge in [-0.2, -0.15) is 0 Å². The van der Waals surface area contributed by atoms with Crippen molar-refractivity contribution < 1.29 is 6.22 Å². The molecule has 2 aromatic rings. The van der Waals surface area contributed by atoms with E-state index in [1.807, 2.05) is 55.5 Å². The van der Waals surface area contributed by atoms with Gasteiger partial charge < -0.3 is 5.73 Å². The summed E-state index contributed by atoms with van der Waals surface area (Å²) in [4.78, 5) is 12.5. The van der Waals surface area contributed by atoms with E-state index >= 15 is 0 Å². The number of nitrogens with two attached hydrogens (primary N) is 1. The quantitative estimate of drug-likeness (QED) is 0.848. The summed E-state index contributed by atoms with van der Waals surface area (Å²) < 4.78 is 0. The summed E-state index contributed by atoms with van der Waals surface area (Å²) in [6.45, 7) is 6.19. The lowest BCUT2D eigenvalue weighted by molar-refractivity contribution is 0.0966. The van der Waals surface area contributed by atoms with Crippen molar-refractivity contribution in [3.8, 4) is 0 Å². The van der Waals surface area contributed by atoms with E-state index in [9.17, 15) is 4.79 Å². The first kappa shape index (κ1) is 17.1. The minimum atomic E-state index is -0.0892. The lowest BCUT2D eigenvalue weighted by Crippen LogP contribution is -2.10. The molecule has 2 nitrogen and oxygen atoms in total. The van der Waals surface area contributed by atoms with Gasteiger partial charge in [0, 0.05) is 12.9 Å². The van der Waals surface area contributed by atoms with E-state index in [1.165, 1.54) is 18.2 Å². The van der Waals surface area contributed by atoms with Crippen LogP contribution in [0.4, 0.5) is 0 Å². The fraction of sp³-hybridized carbons (Fsp3) is 0.316. The summed E-state index contributed by atoms with van der Waals surface area (Å²) in [6, 6.07) is 16.0. The lowest BCUT2D eigenvalue weighted by Gasteiger charge is -2.12. The monoisotopic (exact) mass is 285 g/mol. The average Bonchev–Trinajstić information content (AvgIpc) is 2.56. The second kappa shape index (κ2) is 8.38. The summed E-state index contributed by atoms with van der Waals surface area (Å²) >= 11 is 0. The fourth-order valence-corrected chi connectivity index (χ4v) is 2.35. The van der Waals surface area contributed by atoms with E-state index in [4.69, 9.17) is 0 Å². The third-order valence-corrected chi connectivity index (χ3v) is 3.71. The molecule has 114 valence electrons. The molecular weight excluding hydrogens is 258 g/mol. The largest absolute Gasteiger partial charge is 0.333 e. The van der Waals surface area contributed by atoms with Crippen molar-refractivity contribution in [1.82, 2.24) is 0 Å². The van der Waals surface area contributed by atoms with Gasteiger partial charge >= 0.3 is 0 Å². The highest BCUT2D eigenvalue weighted by atomic mass is 16.1. The van der Waals surface area contributed by atoms with E-state index < -0.39 is 0 Å². The van der Waals surface area contributed by atoms with Crippen LogP contribution < -0.4 is 5.73 Å². The van der Waals surface area contributed by atoms with Crippen molar-refractivity contribution in [2.24, 2.45) is 5.73 Å². The molecule has 1 atom stereocenters. The molecule has 0 heterocycles. The van der Waals surface area contributed by atoms with Crippen LogP contribution in [0.3, 0.4) is 0 Å². The molecule has 2 N–H and O–H groups in total. The maximum Gasteiger partial charge on any atom is 0.170 e. The number of hydrogen-bond acceptors (Lipinski definition) is 2. The lowest BCUT2D eigenvalue weighted by atomic mass is 9.90. The Morgan fingerprint density at radius 1 is 1.14 bits per heavy atom. The van der Waals surface area contributed by atoms with Gasteiger partial charge in [0.2, 0.25) is 0 Å². The van der Waals surface area contributed by atoms with Crippen LogP contribution in [-0.4, -0.2) is 12.8 Å². The van der Waals surface area contributed by atoms with Crippen molar-refractivity contribution in [1.29, 1.82) is 0 Å². The van der Waals surface area contributed by atoms with E-state index in [-0.39, 0.29) is 13.1 Å². The molecule has 0 radical (unpaired) electrons. The van der Waals surface area contributed by atoms with Gasteiger partial charge in [-0.3, -0.25) is 4.79 Å². The zero-order valence-corrected chi connectivity index (χ0v) is 13.4. The normalized spacial score (nSPS) is 11.3. The molecule has 2 rings (SSSR count). The highest BCUT2D eigenvalue weighted by Crippen LogP contribution is 2.22. The van der Waals surface area contributed by atoms with Crippen LogP contribution in [0.15, 0.2) is 48.5 Å². The van der Waals surface area contributed by atoms with Crippen LogP contribution >= 0.6 is 0 Å². The Labute approximate surface area is 129 Å². The standard InChI is InChI=1S/C18H20O.CH5N.H2/c1-4-15-12-17(11-10-13(15)2)18(19)14(3)16-8-6-5-7-9-16;1-2;/h5-12,14H,4H2,1-3H3;2H2,1H3;1H. The topological polar surface area (TPSA) is 43.1 Å². The molecule has 21 heavy (non-hydrogen) atoms. The van der Waals surface area contributed by atoms with Crippen molar-refractivity contribution in [3.63, 3.8) is 0 Å². The zero-order chi connectivity index (χ0) is 15.8. The van der Waals surface area contributed by atoms with E-state index in [0.29, 0.717) is 0 Å². The van der Waals surface area contributed by atoms with Gasteiger partial charge in [0.15, 0.2) is 5.78 Å². The van der Waals surface area contributed by atoms with Crippen LogP contribution in [0.5, 0.6) is 0 Å². The molecule has 0 aromatic heterocycles. The Morgan fingerprint density at radius 2 is 1.76 bits per heavy atom. The molecule has 0 aliphatic rings. The Morgan fingerprint density at radius 3 is 2.33 bits per heavy atom. The van der Waals surface area contributed by atoms with Crippen LogP contribution in [0.2, 0.25) is 0 Å². The summed E-state index contributed by atoms with van der Waals surface area (Å²) in [5, 5.41) is 0. The van der Waals surface area contributed by atoms with Crippen molar-refractivity contribution in [2.75, 3.05) is 7.05 Å². The van der Waals surface area contributed by atoms with Gasteiger partial charge in [-0.15, -0.1) is 0 Å². The Balaban J connectivity index is 0.00000141. The molecule has 2 heteroatoms. The Kier molecular flexibility index (Phi) is 6.83. The summed E-state index contributed by atoms with van der Waals surface area (Å²) in [5.74, 6) is 0.106. The van der Waals surface area contributed by atoms with E-state index in [0.717, 1.165) is 17.5 Å². The van der Waals surface area contributed by atoms with Crippen LogP contribution in [0, 0.1) is 6.92 Å². The predicted molar refractivity (Wildman–Crippen MR) is 92.0 cm³/mol. The van der Waals surface area contributed by atoms with Crippen LogP contribution in [0.25, 0.3) is 0 Å². The summed E-state index contributed by atoms with van der Waals surface area (Å²) in [6.07, 6.45) is 0.965. The highest BCUT2D eigenvalue weighted by molar-refractivity contribution is 6.00. The fourth-order valence-electron chi connectivity index (χ4n) is 2.35. The number of ketones is 1. The first-order chi connectivity index (χ1) is 10.1. The summed E-state index contributed by atoms with van der Waals surface area (Å²) in [5.41, 5.74) is 8.91. The zero-order valence-electron chi connectivity index (χ0n) is 13.4. The van der Waals surface area contributed by atoms with Crippen molar-refractivity contribution in [2.45, 2.75) is 33.1 Å². The SMILES string of the molecule is CCc1cc(C(=O)C(C)c2ccccc2)ccc1C.CN.[HH]. The third-order valence-electron chi connectivity index (χ3n) is 3.71. The molecule has 0 bridgehead atoms. The van der Waals surface area contributed by atoms with Gasteiger partial charge in [-0.05, 0) is 43.1 Å². The van der Waals surface area contributed by atoms with Crippen molar-refractivity contribution >= 4 is 5.78 Å². The molecule has 0 spiro atoms. The van der Waals surface area contributed by atoms with Gasteiger partial charge in [0.25, 0.3) is 0 Å². The second-order valence-electron chi connectivity index (χ2n) is 4.99. The maximum absolute atomic E-state index is 12.5. The minimum absolute atomic E-state index is 0. The molecule has 0 saturated heterocycles. The molecule has 0 aliphatic heterocycles. The van der Waals surface area contributed by atoms with Gasteiger partial charge in [0.1, 0.15) is 0 Å². The number of Topliss-reactive ketones (excluding diaryl/α,β-unsaturated/α-hetero) is 1. The molecular formula is C19H27NO. The highest BCUT2D eigenvalue weighted by Gasteiger charge is 2.17. The van der Waals surface area contributed by atoms with Gasteiger partial charge in [-0.25, -0.2) is 0 Å². The van der Waals surface area contributed by atoms with Gasteiger partial charge in [-0.1, -0.05) is 56.3 Å². The number of rotatable bonds is 4. The Hall–Kier alpha value is -1.93. The second-order valence-corrected chi connectivity index (χ2v) is 4.99. The average molecular weight is 285 g/mol. The number of carbonyl (C=O) groups excluding carboxylic acids is 1. The van der Waals surface area contributed by atoms with Crippen molar-refractivity contribution in [3.05, 3.63) is 70.8 Å². The first-order valence-electron chi connectivity index (χ1n) is 7.40. The van der Waals surface area contributed by atoms with Crippen LogP contribution in [-0.2, 0) is 6.42 Å². The predicted octanol–water partition coefficient (Wildman–Crippen LogP) is 4.36. The number of hydrogen-bond donors (Lipinski definition) is 1. The molecule has 0 fully saturated rings.